The molecular formula is C16H15BrN4O4. The minimum Gasteiger partial charge on any atom is -0.490 e. The van der Waals surface area contributed by atoms with Gasteiger partial charge in [-0.15, -0.1) is 0 Å². The van der Waals surface area contributed by atoms with Crippen LogP contribution in [0, 0.1) is 17.0 Å². The summed E-state index contributed by atoms with van der Waals surface area (Å²) in [6.07, 6.45) is 1.28. The van der Waals surface area contributed by atoms with Crippen molar-refractivity contribution >= 4 is 39.6 Å². The van der Waals surface area contributed by atoms with Crippen LogP contribution in [0.4, 0.5) is 16.2 Å². The summed E-state index contributed by atoms with van der Waals surface area (Å²) < 4.78 is 5.99. The van der Waals surface area contributed by atoms with Crippen LogP contribution in [0.15, 0.2) is 46.0 Å². The fourth-order valence-electron chi connectivity index (χ4n) is 2.05. The van der Waals surface area contributed by atoms with Crippen molar-refractivity contribution < 1.29 is 14.5 Å². The average Bonchev–Trinajstić information content (AvgIpc) is 2.57. The molecule has 0 radical (unpaired) electrons. The summed E-state index contributed by atoms with van der Waals surface area (Å²) in [6, 6.07) is 9.25. The van der Waals surface area contributed by atoms with E-state index in [0.717, 1.165) is 10.0 Å². The van der Waals surface area contributed by atoms with Crippen LogP contribution in [-0.4, -0.2) is 24.3 Å². The first-order valence-electron chi connectivity index (χ1n) is 7.10. The van der Waals surface area contributed by atoms with Gasteiger partial charge in [0, 0.05) is 21.8 Å². The lowest BCUT2D eigenvalue weighted by Gasteiger charge is -2.07. The Hall–Kier alpha value is -2.94. The molecule has 0 fully saturated rings. The number of para-hydroxylation sites is 1. The number of hydrogen-bond donors (Lipinski definition) is 2. The zero-order chi connectivity index (χ0) is 18.4. The van der Waals surface area contributed by atoms with Crippen molar-refractivity contribution in [2.24, 2.45) is 5.10 Å². The highest BCUT2D eigenvalue weighted by Gasteiger charge is 2.17. The third-order valence-electron chi connectivity index (χ3n) is 3.21. The highest BCUT2D eigenvalue weighted by molar-refractivity contribution is 9.10. The maximum absolute atomic E-state index is 11.8. The van der Waals surface area contributed by atoms with Gasteiger partial charge in [-0.3, -0.25) is 10.1 Å². The number of hydrazone groups is 1. The number of aryl methyl sites for hydroxylation is 1. The van der Waals surface area contributed by atoms with Gasteiger partial charge in [0.1, 0.15) is 0 Å². The van der Waals surface area contributed by atoms with E-state index in [1.807, 2.05) is 13.0 Å². The summed E-state index contributed by atoms with van der Waals surface area (Å²) in [5, 5.41) is 17.4. The van der Waals surface area contributed by atoms with E-state index in [0.29, 0.717) is 11.3 Å². The fourth-order valence-corrected chi connectivity index (χ4v) is 2.30. The number of methoxy groups -OCH3 is 1. The van der Waals surface area contributed by atoms with Crippen LogP contribution < -0.4 is 15.5 Å². The molecule has 0 unspecified atom stereocenters. The Labute approximate surface area is 152 Å². The van der Waals surface area contributed by atoms with Crippen LogP contribution in [-0.2, 0) is 0 Å². The Morgan fingerprint density at radius 2 is 2.12 bits per heavy atom. The summed E-state index contributed by atoms with van der Waals surface area (Å²) in [6.45, 7) is 1.90. The van der Waals surface area contributed by atoms with Crippen molar-refractivity contribution in [2.45, 2.75) is 6.92 Å². The fraction of sp³-hybridized carbons (Fsp3) is 0.125. The van der Waals surface area contributed by atoms with Gasteiger partial charge in [-0.05, 0) is 36.8 Å². The van der Waals surface area contributed by atoms with E-state index in [1.165, 1.54) is 25.5 Å². The van der Waals surface area contributed by atoms with Crippen molar-refractivity contribution in [2.75, 3.05) is 12.4 Å². The molecule has 0 bridgehead atoms. The number of amides is 2. The standard InChI is InChI=1S/C16H15BrN4O4/c1-10-8-12(6-7-13(10)17)19-16(22)20-18-9-11-4-3-5-14(21(23)24)15(11)25-2/h3-9H,1-2H3,(H2,19,20,22)/b18-9+. The molecule has 0 aromatic heterocycles. The molecule has 8 nitrogen and oxygen atoms in total. The molecule has 9 heteroatoms. The van der Waals surface area contributed by atoms with E-state index >= 15 is 0 Å². The van der Waals surface area contributed by atoms with Gasteiger partial charge in [0.15, 0.2) is 0 Å². The van der Waals surface area contributed by atoms with E-state index in [4.69, 9.17) is 4.74 Å². The molecule has 0 atom stereocenters. The Bertz CT molecular complexity index is 839. The molecule has 0 aliphatic heterocycles. The van der Waals surface area contributed by atoms with E-state index in [2.05, 4.69) is 31.8 Å². The number of anilines is 1. The Morgan fingerprint density at radius 3 is 2.76 bits per heavy atom. The predicted molar refractivity (Wildman–Crippen MR) is 98.3 cm³/mol. The molecule has 25 heavy (non-hydrogen) atoms. The molecule has 0 heterocycles. The maximum atomic E-state index is 11.8. The molecule has 0 saturated heterocycles. The van der Waals surface area contributed by atoms with E-state index in [1.54, 1.807) is 18.2 Å². The first-order chi connectivity index (χ1) is 11.9. The number of nitro benzene ring substituents is 1. The van der Waals surface area contributed by atoms with Gasteiger partial charge < -0.3 is 10.1 Å². The number of urea groups is 1. The topological polar surface area (TPSA) is 106 Å². The van der Waals surface area contributed by atoms with Crippen molar-refractivity contribution in [1.82, 2.24) is 5.43 Å². The molecule has 130 valence electrons. The molecule has 2 amide bonds. The highest BCUT2D eigenvalue weighted by atomic mass is 79.9. The molecule has 0 aliphatic rings. The number of benzene rings is 2. The zero-order valence-electron chi connectivity index (χ0n) is 13.4. The second-order valence-corrected chi connectivity index (χ2v) is 5.80. The molecule has 2 rings (SSSR count). The molecule has 0 aliphatic carbocycles. The molecule has 2 aromatic rings. The average molecular weight is 407 g/mol. The smallest absolute Gasteiger partial charge is 0.339 e. The number of carbonyl (C=O) groups excluding carboxylic acids is 1. The Morgan fingerprint density at radius 1 is 1.36 bits per heavy atom. The van der Waals surface area contributed by atoms with Crippen LogP contribution in [0.25, 0.3) is 0 Å². The third-order valence-corrected chi connectivity index (χ3v) is 4.10. The van der Waals surface area contributed by atoms with Gasteiger partial charge in [0.05, 0.1) is 18.2 Å². The van der Waals surface area contributed by atoms with Crippen molar-refractivity contribution in [3.63, 3.8) is 0 Å². The van der Waals surface area contributed by atoms with Gasteiger partial charge in [0.25, 0.3) is 0 Å². The minimum absolute atomic E-state index is 0.0713. The van der Waals surface area contributed by atoms with Crippen molar-refractivity contribution in [3.8, 4) is 5.75 Å². The number of hydrogen-bond acceptors (Lipinski definition) is 5. The highest BCUT2D eigenvalue weighted by Crippen LogP contribution is 2.29. The number of carbonyl (C=O) groups is 1. The number of halogens is 1. The molecule has 0 saturated carbocycles. The largest absolute Gasteiger partial charge is 0.490 e. The van der Waals surface area contributed by atoms with Crippen LogP contribution in [0.3, 0.4) is 0 Å². The lowest BCUT2D eigenvalue weighted by atomic mass is 10.2. The number of nitro groups is 1. The number of nitrogens with one attached hydrogen (secondary N) is 2. The normalized spacial score (nSPS) is 10.5. The van der Waals surface area contributed by atoms with Gasteiger partial charge >= 0.3 is 11.7 Å². The van der Waals surface area contributed by atoms with Crippen molar-refractivity contribution in [3.05, 3.63) is 62.1 Å². The molecule has 2 N–H and O–H groups in total. The summed E-state index contributed by atoms with van der Waals surface area (Å²) in [7, 11) is 1.33. The second-order valence-electron chi connectivity index (χ2n) is 4.94. The predicted octanol–water partition coefficient (Wildman–Crippen LogP) is 3.83. The third kappa shape index (κ3) is 4.77. The second kappa shape index (κ2) is 8.25. The van der Waals surface area contributed by atoms with Crippen molar-refractivity contribution in [1.29, 1.82) is 0 Å². The summed E-state index contributed by atoms with van der Waals surface area (Å²) in [5.41, 5.74) is 4.08. The lowest BCUT2D eigenvalue weighted by Crippen LogP contribution is -2.24. The number of nitrogens with zero attached hydrogens (tertiary/aromatic N) is 2. The van der Waals surface area contributed by atoms with Crippen LogP contribution in [0.2, 0.25) is 0 Å². The Balaban J connectivity index is 2.05. The maximum Gasteiger partial charge on any atom is 0.339 e. The van der Waals surface area contributed by atoms with E-state index in [-0.39, 0.29) is 11.4 Å². The monoisotopic (exact) mass is 406 g/mol. The molecule has 0 spiro atoms. The van der Waals surface area contributed by atoms with E-state index in [9.17, 15) is 14.9 Å². The van der Waals surface area contributed by atoms with Crippen LogP contribution in [0.5, 0.6) is 5.75 Å². The minimum atomic E-state index is -0.549. The lowest BCUT2D eigenvalue weighted by molar-refractivity contribution is -0.385. The number of ether oxygens (including phenoxy) is 1. The SMILES string of the molecule is COc1c(/C=N/NC(=O)Nc2ccc(Br)c(C)c2)cccc1[N+](=O)[O-]. The summed E-state index contributed by atoms with van der Waals surface area (Å²) in [5.74, 6) is 0.0713. The first kappa shape index (κ1) is 18.4. The van der Waals surface area contributed by atoms with Gasteiger partial charge in [0.2, 0.25) is 5.75 Å². The zero-order valence-corrected chi connectivity index (χ0v) is 15.0. The quantitative estimate of drug-likeness (QED) is 0.446. The van der Waals surface area contributed by atoms with Crippen LogP contribution in [0.1, 0.15) is 11.1 Å². The summed E-state index contributed by atoms with van der Waals surface area (Å²) >= 11 is 3.38. The Kier molecular flexibility index (Phi) is 6.07. The van der Waals surface area contributed by atoms with E-state index < -0.39 is 11.0 Å². The van der Waals surface area contributed by atoms with Gasteiger partial charge in [-0.25, -0.2) is 10.2 Å². The molecular weight excluding hydrogens is 392 g/mol. The first-order valence-corrected chi connectivity index (χ1v) is 7.89. The molecule has 2 aromatic carbocycles. The van der Waals surface area contributed by atoms with Gasteiger partial charge in [-0.1, -0.05) is 22.0 Å². The summed E-state index contributed by atoms with van der Waals surface area (Å²) in [4.78, 5) is 22.3. The van der Waals surface area contributed by atoms with Crippen LogP contribution >= 0.6 is 15.9 Å². The van der Waals surface area contributed by atoms with Gasteiger partial charge in [-0.2, -0.15) is 5.10 Å². The number of rotatable bonds is 5.